The molecule has 2 aliphatic rings. The minimum Gasteiger partial charge on any atom is -0.395 e. The number of benzene rings is 1. The average Bonchev–Trinajstić information content (AvgIpc) is 3.25. The fourth-order valence-corrected chi connectivity index (χ4v) is 2.81. The second kappa shape index (κ2) is 5.85. The lowest BCUT2D eigenvalue weighted by Gasteiger charge is -2.22. The summed E-state index contributed by atoms with van der Waals surface area (Å²) >= 11 is 0. The third-order valence-electron chi connectivity index (χ3n) is 4.09. The molecule has 112 valence electrons. The molecule has 1 saturated carbocycles. The summed E-state index contributed by atoms with van der Waals surface area (Å²) in [5, 5.41) is 9.09. The lowest BCUT2D eigenvalue weighted by atomic mass is 10.1. The van der Waals surface area contributed by atoms with Gasteiger partial charge in [0.15, 0.2) is 0 Å². The van der Waals surface area contributed by atoms with Crippen molar-refractivity contribution in [3.63, 3.8) is 0 Å². The van der Waals surface area contributed by atoms with Crippen molar-refractivity contribution in [1.29, 1.82) is 0 Å². The number of nitrogens with zero attached hydrogens (tertiary/aromatic N) is 2. The monoisotopic (exact) mass is 288 g/mol. The van der Waals surface area contributed by atoms with E-state index in [4.69, 9.17) is 5.11 Å². The highest BCUT2D eigenvalue weighted by molar-refractivity contribution is 5.97. The molecule has 0 aromatic heterocycles. The second-order valence-corrected chi connectivity index (χ2v) is 5.65. The average molecular weight is 288 g/mol. The highest BCUT2D eigenvalue weighted by Gasteiger charge is 2.32. The zero-order chi connectivity index (χ0) is 14.8. The van der Waals surface area contributed by atoms with Gasteiger partial charge < -0.3 is 14.9 Å². The molecule has 1 aromatic rings. The van der Waals surface area contributed by atoms with Crippen LogP contribution in [0.4, 0.5) is 5.69 Å². The number of rotatable bonds is 5. The molecule has 0 bridgehead atoms. The number of aliphatic hydroxyl groups is 1. The van der Waals surface area contributed by atoms with E-state index in [9.17, 15) is 9.59 Å². The summed E-state index contributed by atoms with van der Waals surface area (Å²) in [6.07, 6.45) is 3.54. The lowest BCUT2D eigenvalue weighted by molar-refractivity contribution is -0.117. The molecule has 5 nitrogen and oxygen atoms in total. The Bertz CT molecular complexity index is 537. The first-order valence-electron chi connectivity index (χ1n) is 7.53. The fraction of sp³-hybridized carbons (Fsp3) is 0.500. The largest absolute Gasteiger partial charge is 0.395 e. The Morgan fingerprint density at radius 2 is 2.00 bits per heavy atom. The molecular weight excluding hydrogens is 268 g/mol. The Morgan fingerprint density at radius 3 is 2.52 bits per heavy atom. The van der Waals surface area contributed by atoms with Crippen molar-refractivity contribution in [3.8, 4) is 0 Å². The summed E-state index contributed by atoms with van der Waals surface area (Å²) in [5.74, 6) is 0.111. The van der Waals surface area contributed by atoms with Gasteiger partial charge in [0, 0.05) is 36.8 Å². The van der Waals surface area contributed by atoms with Crippen LogP contribution in [0.1, 0.15) is 36.0 Å². The molecule has 3 rings (SSSR count). The molecule has 21 heavy (non-hydrogen) atoms. The Labute approximate surface area is 124 Å². The van der Waals surface area contributed by atoms with E-state index < -0.39 is 0 Å². The van der Waals surface area contributed by atoms with Crippen LogP contribution in [0, 0.1) is 0 Å². The van der Waals surface area contributed by atoms with Crippen molar-refractivity contribution >= 4 is 17.5 Å². The van der Waals surface area contributed by atoms with Crippen molar-refractivity contribution in [1.82, 2.24) is 4.90 Å². The first-order chi connectivity index (χ1) is 10.2. The van der Waals surface area contributed by atoms with Crippen molar-refractivity contribution < 1.29 is 14.7 Å². The molecule has 2 fully saturated rings. The lowest BCUT2D eigenvalue weighted by Crippen LogP contribution is -2.35. The zero-order valence-corrected chi connectivity index (χ0v) is 12.0. The number of amides is 2. The van der Waals surface area contributed by atoms with Crippen LogP contribution in [0.25, 0.3) is 0 Å². The standard InChI is InChI=1S/C16H20N2O3/c19-11-10-18(14-7-8-14)16(21)12-3-5-13(6-4-12)17-9-1-2-15(17)20/h3-6,14,19H,1-2,7-11H2. The predicted octanol–water partition coefficient (Wildman–Crippen LogP) is 1.41. The minimum atomic E-state index is -0.0363. The number of aliphatic hydroxyl groups excluding tert-OH is 1. The van der Waals surface area contributed by atoms with Crippen molar-refractivity contribution in [2.45, 2.75) is 31.7 Å². The minimum absolute atomic E-state index is 0.0113. The van der Waals surface area contributed by atoms with E-state index in [1.165, 1.54) is 0 Å². The van der Waals surface area contributed by atoms with Crippen LogP contribution in [0.5, 0.6) is 0 Å². The molecule has 0 radical (unpaired) electrons. The molecule has 1 heterocycles. The molecule has 1 aliphatic carbocycles. The summed E-state index contributed by atoms with van der Waals surface area (Å²) < 4.78 is 0. The summed E-state index contributed by atoms with van der Waals surface area (Å²) in [5.41, 5.74) is 1.47. The molecule has 0 atom stereocenters. The molecule has 1 saturated heterocycles. The molecule has 5 heteroatoms. The van der Waals surface area contributed by atoms with Crippen LogP contribution in [-0.2, 0) is 4.79 Å². The number of anilines is 1. The maximum absolute atomic E-state index is 12.4. The fourth-order valence-electron chi connectivity index (χ4n) is 2.81. The van der Waals surface area contributed by atoms with E-state index >= 15 is 0 Å². The zero-order valence-electron chi connectivity index (χ0n) is 12.0. The van der Waals surface area contributed by atoms with Gasteiger partial charge in [-0.1, -0.05) is 0 Å². The Kier molecular flexibility index (Phi) is 3.92. The van der Waals surface area contributed by atoms with Gasteiger partial charge in [0.25, 0.3) is 5.91 Å². The molecular formula is C16H20N2O3. The van der Waals surface area contributed by atoms with Gasteiger partial charge in [0.2, 0.25) is 5.91 Å². The van der Waals surface area contributed by atoms with Crippen molar-refractivity contribution in [3.05, 3.63) is 29.8 Å². The van der Waals surface area contributed by atoms with E-state index in [0.717, 1.165) is 31.5 Å². The third-order valence-corrected chi connectivity index (χ3v) is 4.09. The van der Waals surface area contributed by atoms with E-state index in [1.807, 2.05) is 12.1 Å². The van der Waals surface area contributed by atoms with Gasteiger partial charge >= 0.3 is 0 Å². The van der Waals surface area contributed by atoms with Crippen molar-refractivity contribution in [2.24, 2.45) is 0 Å². The molecule has 2 amide bonds. The number of hydrogen-bond acceptors (Lipinski definition) is 3. The molecule has 1 aromatic carbocycles. The first kappa shape index (κ1) is 14.1. The molecule has 1 aliphatic heterocycles. The highest BCUT2D eigenvalue weighted by Crippen LogP contribution is 2.28. The van der Waals surface area contributed by atoms with Crippen LogP contribution in [-0.4, -0.2) is 47.6 Å². The van der Waals surface area contributed by atoms with Gasteiger partial charge in [0.05, 0.1) is 6.61 Å². The van der Waals surface area contributed by atoms with E-state index in [0.29, 0.717) is 18.5 Å². The Hall–Kier alpha value is -1.88. The van der Waals surface area contributed by atoms with Gasteiger partial charge in [-0.05, 0) is 43.5 Å². The third kappa shape index (κ3) is 2.93. The maximum Gasteiger partial charge on any atom is 0.254 e. The summed E-state index contributed by atoms with van der Waals surface area (Å²) in [7, 11) is 0. The second-order valence-electron chi connectivity index (χ2n) is 5.65. The van der Waals surface area contributed by atoms with E-state index in [2.05, 4.69) is 0 Å². The normalized spacial score (nSPS) is 18.1. The number of carbonyl (C=O) groups is 2. The molecule has 1 N–H and O–H groups in total. The van der Waals surface area contributed by atoms with Crippen LogP contribution >= 0.6 is 0 Å². The van der Waals surface area contributed by atoms with Crippen LogP contribution in [0.3, 0.4) is 0 Å². The Balaban J connectivity index is 1.73. The van der Waals surface area contributed by atoms with Gasteiger partial charge in [-0.2, -0.15) is 0 Å². The van der Waals surface area contributed by atoms with Crippen LogP contribution in [0.2, 0.25) is 0 Å². The van der Waals surface area contributed by atoms with E-state index in [-0.39, 0.29) is 24.5 Å². The van der Waals surface area contributed by atoms with Gasteiger partial charge in [-0.15, -0.1) is 0 Å². The smallest absolute Gasteiger partial charge is 0.254 e. The predicted molar refractivity (Wildman–Crippen MR) is 79.2 cm³/mol. The number of hydrogen-bond donors (Lipinski definition) is 1. The molecule has 0 spiro atoms. The summed E-state index contributed by atoms with van der Waals surface area (Å²) in [6.45, 7) is 1.13. The first-order valence-corrected chi connectivity index (χ1v) is 7.53. The SMILES string of the molecule is O=C1CCCN1c1ccc(C(=O)N(CCO)C2CC2)cc1. The summed E-state index contributed by atoms with van der Waals surface area (Å²) in [4.78, 5) is 27.7. The van der Waals surface area contributed by atoms with Gasteiger partial charge in [-0.25, -0.2) is 0 Å². The topological polar surface area (TPSA) is 60.9 Å². The maximum atomic E-state index is 12.4. The van der Waals surface area contributed by atoms with E-state index in [1.54, 1.807) is 21.9 Å². The van der Waals surface area contributed by atoms with Gasteiger partial charge in [0.1, 0.15) is 0 Å². The van der Waals surface area contributed by atoms with Crippen molar-refractivity contribution in [2.75, 3.05) is 24.6 Å². The van der Waals surface area contributed by atoms with Crippen LogP contribution < -0.4 is 4.90 Å². The van der Waals surface area contributed by atoms with Crippen LogP contribution in [0.15, 0.2) is 24.3 Å². The highest BCUT2D eigenvalue weighted by atomic mass is 16.3. The summed E-state index contributed by atoms with van der Waals surface area (Å²) in [6, 6.07) is 7.50. The Morgan fingerprint density at radius 1 is 1.29 bits per heavy atom. The quantitative estimate of drug-likeness (QED) is 0.891. The number of carbonyl (C=O) groups excluding carboxylic acids is 2. The van der Waals surface area contributed by atoms with Gasteiger partial charge in [-0.3, -0.25) is 9.59 Å². The molecule has 0 unspecified atom stereocenters.